The summed E-state index contributed by atoms with van der Waals surface area (Å²) >= 11 is 12.8. The molecule has 0 aliphatic heterocycles. The Morgan fingerprint density at radius 2 is 2.00 bits per heavy atom. The van der Waals surface area contributed by atoms with Crippen molar-refractivity contribution in [2.75, 3.05) is 0 Å². The summed E-state index contributed by atoms with van der Waals surface area (Å²) in [6.45, 7) is 0. The molecule has 1 aromatic heterocycles. The quantitative estimate of drug-likeness (QED) is 0.503. The molecule has 0 spiro atoms. The molecule has 0 saturated heterocycles. The minimum Gasteiger partial charge on any atom is -0.121 e. The van der Waals surface area contributed by atoms with E-state index < -0.39 is 0 Å². The third-order valence-electron chi connectivity index (χ3n) is 3.23. The Kier molecular flexibility index (Phi) is 3.50. The lowest BCUT2D eigenvalue weighted by atomic mass is 9.75. The summed E-state index contributed by atoms with van der Waals surface area (Å²) in [6.07, 6.45) is 1.17. The van der Waals surface area contributed by atoms with Gasteiger partial charge >= 0.3 is 0 Å². The molecule has 0 nitrogen and oxygen atoms in total. The monoisotopic (exact) mass is 434 g/mol. The van der Waals surface area contributed by atoms with E-state index in [0.717, 1.165) is 0 Å². The van der Waals surface area contributed by atoms with Crippen molar-refractivity contribution in [2.24, 2.45) is 0 Å². The predicted octanol–water partition coefficient (Wildman–Crippen LogP) is 6.05. The zero-order valence-corrected chi connectivity index (χ0v) is 14.4. The molecule has 3 rings (SSSR count). The smallest absolute Gasteiger partial charge is 0.0754 e. The van der Waals surface area contributed by atoms with Gasteiger partial charge < -0.3 is 0 Å². The first-order chi connectivity index (χ1) is 8.16. The molecular formula is C13H9Br3S. The van der Waals surface area contributed by atoms with E-state index in [9.17, 15) is 0 Å². The molecule has 88 valence electrons. The van der Waals surface area contributed by atoms with Crippen LogP contribution in [0, 0.1) is 0 Å². The number of hydrogen-bond donors (Lipinski definition) is 0. The van der Waals surface area contributed by atoms with Crippen LogP contribution in [0.15, 0.2) is 37.9 Å². The van der Waals surface area contributed by atoms with Crippen molar-refractivity contribution >= 4 is 59.1 Å². The second-order valence-corrected chi connectivity index (χ2v) is 8.93. The zero-order chi connectivity index (χ0) is 12.0. The number of hydrogen-bond acceptors (Lipinski definition) is 1. The molecule has 0 N–H and O–H groups in total. The maximum absolute atomic E-state index is 3.85. The highest BCUT2D eigenvalue weighted by atomic mass is 79.9. The van der Waals surface area contributed by atoms with Crippen molar-refractivity contribution in [3.8, 4) is 0 Å². The molecule has 0 fully saturated rings. The maximum Gasteiger partial charge on any atom is 0.0754 e. The van der Waals surface area contributed by atoms with Crippen LogP contribution in [-0.4, -0.2) is 0 Å². The molecule has 0 amide bonds. The SMILES string of the molecule is Brc1cc(C(Br)C2Cc3ccccc32)c(Br)s1. The molecule has 2 unspecified atom stereocenters. The van der Waals surface area contributed by atoms with Crippen molar-refractivity contribution in [2.45, 2.75) is 17.2 Å². The fourth-order valence-corrected chi connectivity index (χ4v) is 6.54. The van der Waals surface area contributed by atoms with Crippen LogP contribution in [0.1, 0.15) is 27.4 Å². The van der Waals surface area contributed by atoms with Gasteiger partial charge in [-0.25, -0.2) is 0 Å². The first kappa shape index (κ1) is 12.4. The van der Waals surface area contributed by atoms with Gasteiger partial charge in [-0.1, -0.05) is 40.2 Å². The molecule has 1 heterocycles. The van der Waals surface area contributed by atoms with Gasteiger partial charge in [0.25, 0.3) is 0 Å². The van der Waals surface area contributed by atoms with Gasteiger partial charge in [-0.3, -0.25) is 0 Å². The third-order valence-corrected chi connectivity index (χ3v) is 6.74. The number of alkyl halides is 1. The van der Waals surface area contributed by atoms with Crippen molar-refractivity contribution in [1.82, 2.24) is 0 Å². The van der Waals surface area contributed by atoms with E-state index in [-0.39, 0.29) is 0 Å². The largest absolute Gasteiger partial charge is 0.121 e. The number of rotatable bonds is 2. The predicted molar refractivity (Wildman–Crippen MR) is 84.3 cm³/mol. The van der Waals surface area contributed by atoms with E-state index in [4.69, 9.17) is 0 Å². The lowest BCUT2D eigenvalue weighted by Gasteiger charge is -2.33. The van der Waals surface area contributed by atoms with E-state index in [1.165, 1.54) is 30.7 Å². The Balaban J connectivity index is 1.91. The molecule has 0 radical (unpaired) electrons. The van der Waals surface area contributed by atoms with Gasteiger partial charge in [0, 0.05) is 10.7 Å². The summed E-state index contributed by atoms with van der Waals surface area (Å²) in [7, 11) is 0. The van der Waals surface area contributed by atoms with Crippen molar-refractivity contribution in [1.29, 1.82) is 0 Å². The van der Waals surface area contributed by atoms with Gasteiger partial charge in [-0.05, 0) is 61.0 Å². The lowest BCUT2D eigenvalue weighted by Crippen LogP contribution is -2.20. The van der Waals surface area contributed by atoms with Crippen LogP contribution in [0.5, 0.6) is 0 Å². The molecule has 17 heavy (non-hydrogen) atoms. The molecule has 1 aliphatic carbocycles. The van der Waals surface area contributed by atoms with Gasteiger partial charge in [0.05, 0.1) is 7.57 Å². The van der Waals surface area contributed by atoms with E-state index in [2.05, 4.69) is 78.1 Å². The van der Waals surface area contributed by atoms with Crippen LogP contribution < -0.4 is 0 Å². The maximum atomic E-state index is 3.85. The number of thiophene rings is 1. The molecule has 1 aromatic carbocycles. The number of fused-ring (bicyclic) bond motifs is 1. The Labute approximate surface area is 130 Å². The van der Waals surface area contributed by atoms with Crippen molar-refractivity contribution in [3.63, 3.8) is 0 Å². The van der Waals surface area contributed by atoms with Crippen LogP contribution in [0.2, 0.25) is 0 Å². The Morgan fingerprint density at radius 3 is 2.65 bits per heavy atom. The van der Waals surface area contributed by atoms with E-state index in [1.807, 2.05) is 0 Å². The lowest BCUT2D eigenvalue weighted by molar-refractivity contribution is 0.600. The van der Waals surface area contributed by atoms with E-state index in [0.29, 0.717) is 10.7 Å². The average molecular weight is 437 g/mol. The van der Waals surface area contributed by atoms with Crippen LogP contribution in [0.4, 0.5) is 0 Å². The molecule has 2 aromatic rings. The molecule has 0 bridgehead atoms. The third kappa shape index (κ3) is 2.18. The van der Waals surface area contributed by atoms with Gasteiger partial charge in [0.2, 0.25) is 0 Å². The first-order valence-electron chi connectivity index (χ1n) is 5.33. The summed E-state index contributed by atoms with van der Waals surface area (Å²) < 4.78 is 2.40. The first-order valence-corrected chi connectivity index (χ1v) is 8.65. The van der Waals surface area contributed by atoms with E-state index >= 15 is 0 Å². The minimum atomic E-state index is 0.398. The highest BCUT2D eigenvalue weighted by Gasteiger charge is 2.33. The molecular weight excluding hydrogens is 428 g/mol. The van der Waals surface area contributed by atoms with Gasteiger partial charge in [-0.15, -0.1) is 11.3 Å². The molecule has 2 atom stereocenters. The summed E-state index contributed by atoms with van der Waals surface area (Å²) in [5.74, 6) is 0.601. The Bertz CT molecular complexity index is 562. The van der Waals surface area contributed by atoms with Gasteiger partial charge in [0.15, 0.2) is 0 Å². The normalized spacial score (nSPS) is 19.6. The topological polar surface area (TPSA) is 0 Å². The number of halogens is 3. The highest BCUT2D eigenvalue weighted by Crippen LogP contribution is 2.51. The summed E-state index contributed by atoms with van der Waals surface area (Å²) in [5, 5.41) is 0. The zero-order valence-electron chi connectivity index (χ0n) is 8.79. The fourth-order valence-electron chi connectivity index (χ4n) is 2.32. The standard InChI is InChI=1S/C13H9Br3S/c14-11-6-10(13(16)17-11)12(15)9-5-7-3-1-2-4-8(7)9/h1-4,6,9,12H,5H2. The second-order valence-electron chi connectivity index (χ2n) is 4.19. The Hall–Kier alpha value is 0.360. The van der Waals surface area contributed by atoms with E-state index in [1.54, 1.807) is 11.3 Å². The summed E-state index contributed by atoms with van der Waals surface area (Å²) in [6, 6.07) is 10.9. The molecule has 1 aliphatic rings. The minimum absolute atomic E-state index is 0.398. The van der Waals surface area contributed by atoms with Crippen molar-refractivity contribution in [3.05, 3.63) is 54.6 Å². The van der Waals surface area contributed by atoms with Crippen LogP contribution in [-0.2, 0) is 6.42 Å². The summed E-state index contributed by atoms with van der Waals surface area (Å²) in [4.78, 5) is 0.398. The highest BCUT2D eigenvalue weighted by molar-refractivity contribution is 9.12. The van der Waals surface area contributed by atoms with Crippen molar-refractivity contribution < 1.29 is 0 Å². The fraction of sp³-hybridized carbons (Fsp3) is 0.231. The van der Waals surface area contributed by atoms with Crippen LogP contribution in [0.25, 0.3) is 0 Å². The van der Waals surface area contributed by atoms with Gasteiger partial charge in [0.1, 0.15) is 0 Å². The molecule has 4 heteroatoms. The second kappa shape index (κ2) is 4.80. The van der Waals surface area contributed by atoms with Crippen LogP contribution >= 0.6 is 59.1 Å². The Morgan fingerprint density at radius 1 is 1.24 bits per heavy atom. The van der Waals surface area contributed by atoms with Crippen LogP contribution in [0.3, 0.4) is 0 Å². The molecule has 0 saturated carbocycles. The summed E-state index contributed by atoms with van der Waals surface area (Å²) in [5.41, 5.74) is 4.33. The number of benzene rings is 1. The average Bonchev–Trinajstić information content (AvgIpc) is 2.59. The van der Waals surface area contributed by atoms with Gasteiger partial charge in [-0.2, -0.15) is 0 Å².